The van der Waals surface area contributed by atoms with Gasteiger partial charge in [0.1, 0.15) is 0 Å². The average Bonchev–Trinajstić information content (AvgIpc) is 2.59. The third kappa shape index (κ3) is 4.00. The highest BCUT2D eigenvalue weighted by Gasteiger charge is 2.12. The molecule has 5 heteroatoms. The normalized spacial score (nSPS) is 10.1. The lowest BCUT2D eigenvalue weighted by Gasteiger charge is -2.15. The zero-order chi connectivity index (χ0) is 16.8. The predicted molar refractivity (Wildman–Crippen MR) is 94.2 cm³/mol. The molecule has 0 radical (unpaired) electrons. The highest BCUT2D eigenvalue weighted by atomic mass is 16.5. The molecule has 0 spiro atoms. The maximum absolute atomic E-state index is 5.38. The van der Waals surface area contributed by atoms with Crippen molar-refractivity contribution in [2.75, 3.05) is 45.6 Å². The smallest absolute Gasteiger partial charge is 0.203 e. The van der Waals surface area contributed by atoms with Crippen molar-refractivity contribution in [2.24, 2.45) is 0 Å². The van der Waals surface area contributed by atoms with Crippen LogP contribution in [0.5, 0.6) is 17.2 Å². The van der Waals surface area contributed by atoms with Crippen LogP contribution in [0.1, 0.15) is 5.56 Å². The Morgan fingerprint density at radius 3 is 1.87 bits per heavy atom. The van der Waals surface area contributed by atoms with Crippen LogP contribution in [-0.2, 0) is 6.54 Å². The number of methoxy groups -OCH3 is 3. The van der Waals surface area contributed by atoms with Crippen molar-refractivity contribution in [1.82, 2.24) is 0 Å². The van der Waals surface area contributed by atoms with Crippen LogP contribution in [0.4, 0.5) is 11.4 Å². The van der Waals surface area contributed by atoms with Crippen molar-refractivity contribution in [1.29, 1.82) is 0 Å². The number of rotatable bonds is 7. The van der Waals surface area contributed by atoms with Crippen LogP contribution in [0.25, 0.3) is 0 Å². The van der Waals surface area contributed by atoms with Gasteiger partial charge < -0.3 is 24.4 Å². The highest BCUT2D eigenvalue weighted by Crippen LogP contribution is 2.38. The topological polar surface area (TPSA) is 43.0 Å². The van der Waals surface area contributed by atoms with Crippen LogP contribution in [0.3, 0.4) is 0 Å². The van der Waals surface area contributed by atoms with E-state index >= 15 is 0 Å². The Balaban J connectivity index is 2.13. The van der Waals surface area contributed by atoms with Gasteiger partial charge in [-0.15, -0.1) is 0 Å². The van der Waals surface area contributed by atoms with E-state index in [9.17, 15) is 0 Å². The van der Waals surface area contributed by atoms with Gasteiger partial charge in [-0.25, -0.2) is 0 Å². The third-order valence-corrected chi connectivity index (χ3v) is 3.60. The summed E-state index contributed by atoms with van der Waals surface area (Å²) in [4.78, 5) is 2.07. The Bertz CT molecular complexity index is 614. The van der Waals surface area contributed by atoms with Crippen molar-refractivity contribution >= 4 is 11.4 Å². The quantitative estimate of drug-likeness (QED) is 0.848. The second-order valence-electron chi connectivity index (χ2n) is 5.33. The molecule has 0 atom stereocenters. The maximum Gasteiger partial charge on any atom is 0.203 e. The van der Waals surface area contributed by atoms with Gasteiger partial charge in [-0.05, 0) is 42.0 Å². The van der Waals surface area contributed by atoms with E-state index in [1.54, 1.807) is 21.3 Å². The van der Waals surface area contributed by atoms with Crippen LogP contribution in [0, 0.1) is 0 Å². The zero-order valence-electron chi connectivity index (χ0n) is 14.3. The summed E-state index contributed by atoms with van der Waals surface area (Å²) in [6.45, 7) is 0.665. The Kier molecular flexibility index (Phi) is 5.57. The van der Waals surface area contributed by atoms with E-state index in [0.717, 1.165) is 11.3 Å². The summed E-state index contributed by atoms with van der Waals surface area (Å²) in [5, 5.41) is 3.40. The Hall–Kier alpha value is -2.56. The SMILES string of the molecule is COc1cc(CNc2ccc(N(C)C)cc2)cc(OC)c1OC. The lowest BCUT2D eigenvalue weighted by atomic mass is 10.1. The minimum atomic E-state index is 0.606. The van der Waals surface area contributed by atoms with Gasteiger partial charge in [0.15, 0.2) is 11.5 Å². The van der Waals surface area contributed by atoms with E-state index < -0.39 is 0 Å². The van der Waals surface area contributed by atoms with Gasteiger partial charge in [0, 0.05) is 32.0 Å². The van der Waals surface area contributed by atoms with Gasteiger partial charge in [-0.3, -0.25) is 0 Å². The molecule has 0 saturated heterocycles. The molecule has 23 heavy (non-hydrogen) atoms. The second-order valence-corrected chi connectivity index (χ2v) is 5.33. The van der Waals surface area contributed by atoms with Crippen molar-refractivity contribution in [3.8, 4) is 17.2 Å². The fraction of sp³-hybridized carbons (Fsp3) is 0.333. The molecule has 0 fully saturated rings. The number of nitrogens with zero attached hydrogens (tertiary/aromatic N) is 1. The molecule has 0 unspecified atom stereocenters. The molecule has 124 valence electrons. The van der Waals surface area contributed by atoms with E-state index in [2.05, 4.69) is 34.5 Å². The summed E-state index contributed by atoms with van der Waals surface area (Å²) in [5.41, 5.74) is 3.28. The molecule has 0 aromatic heterocycles. The minimum Gasteiger partial charge on any atom is -0.493 e. The van der Waals surface area contributed by atoms with Crippen molar-refractivity contribution in [2.45, 2.75) is 6.54 Å². The zero-order valence-corrected chi connectivity index (χ0v) is 14.3. The van der Waals surface area contributed by atoms with Gasteiger partial charge in [-0.1, -0.05) is 0 Å². The number of hydrogen-bond acceptors (Lipinski definition) is 5. The summed E-state index contributed by atoms with van der Waals surface area (Å²) in [7, 11) is 8.89. The lowest BCUT2D eigenvalue weighted by Crippen LogP contribution is -2.08. The van der Waals surface area contributed by atoms with Gasteiger partial charge in [0.25, 0.3) is 0 Å². The Labute approximate surface area is 137 Å². The largest absolute Gasteiger partial charge is 0.493 e. The molecule has 2 aromatic carbocycles. The minimum absolute atomic E-state index is 0.606. The fourth-order valence-electron chi connectivity index (χ4n) is 2.32. The molecule has 1 N–H and O–H groups in total. The van der Waals surface area contributed by atoms with Gasteiger partial charge in [-0.2, -0.15) is 0 Å². The van der Waals surface area contributed by atoms with Crippen LogP contribution < -0.4 is 24.4 Å². The standard InChI is InChI=1S/C18H24N2O3/c1-20(2)15-8-6-14(7-9-15)19-12-13-10-16(21-3)18(23-5)17(11-13)22-4/h6-11,19H,12H2,1-5H3. The first-order valence-electron chi connectivity index (χ1n) is 7.39. The van der Waals surface area contributed by atoms with E-state index in [4.69, 9.17) is 14.2 Å². The molecule has 0 heterocycles. The Morgan fingerprint density at radius 2 is 1.43 bits per heavy atom. The van der Waals surface area contributed by atoms with Crippen LogP contribution in [0.15, 0.2) is 36.4 Å². The highest BCUT2D eigenvalue weighted by molar-refractivity contribution is 5.56. The van der Waals surface area contributed by atoms with Gasteiger partial charge >= 0.3 is 0 Å². The number of ether oxygens (including phenoxy) is 3. The monoisotopic (exact) mass is 316 g/mol. The molecule has 2 rings (SSSR count). The molecule has 0 aliphatic carbocycles. The molecule has 0 amide bonds. The number of nitrogens with one attached hydrogen (secondary N) is 1. The molecule has 0 saturated carbocycles. The maximum atomic E-state index is 5.38. The molecule has 2 aromatic rings. The van der Waals surface area contributed by atoms with Crippen LogP contribution in [-0.4, -0.2) is 35.4 Å². The van der Waals surface area contributed by atoms with Crippen molar-refractivity contribution in [3.63, 3.8) is 0 Å². The first-order chi connectivity index (χ1) is 11.1. The molecular weight excluding hydrogens is 292 g/mol. The molecular formula is C18H24N2O3. The first kappa shape index (κ1) is 16.8. The summed E-state index contributed by atoms with van der Waals surface area (Å²) in [5.74, 6) is 1.92. The second kappa shape index (κ2) is 7.63. The fourth-order valence-corrected chi connectivity index (χ4v) is 2.32. The summed E-state index contributed by atoms with van der Waals surface area (Å²) in [6, 6.07) is 12.2. The molecule has 0 aliphatic heterocycles. The Morgan fingerprint density at radius 1 is 0.870 bits per heavy atom. The summed E-state index contributed by atoms with van der Waals surface area (Å²) < 4.78 is 16.1. The molecule has 0 bridgehead atoms. The third-order valence-electron chi connectivity index (χ3n) is 3.60. The molecule has 0 aliphatic rings. The summed E-state index contributed by atoms with van der Waals surface area (Å²) in [6.07, 6.45) is 0. The van der Waals surface area contributed by atoms with Crippen molar-refractivity contribution in [3.05, 3.63) is 42.0 Å². The van der Waals surface area contributed by atoms with Gasteiger partial charge in [0.05, 0.1) is 21.3 Å². The predicted octanol–water partition coefficient (Wildman–Crippen LogP) is 3.39. The van der Waals surface area contributed by atoms with E-state index in [1.165, 1.54) is 5.69 Å². The number of hydrogen-bond donors (Lipinski definition) is 1. The van der Waals surface area contributed by atoms with Gasteiger partial charge in [0.2, 0.25) is 5.75 Å². The van der Waals surface area contributed by atoms with Crippen LogP contribution in [0.2, 0.25) is 0 Å². The van der Waals surface area contributed by atoms with Crippen LogP contribution >= 0.6 is 0 Å². The van der Waals surface area contributed by atoms with E-state index in [0.29, 0.717) is 23.8 Å². The summed E-state index contributed by atoms with van der Waals surface area (Å²) >= 11 is 0. The average molecular weight is 316 g/mol. The molecule has 5 nitrogen and oxygen atoms in total. The van der Waals surface area contributed by atoms with E-state index in [-0.39, 0.29) is 0 Å². The lowest BCUT2D eigenvalue weighted by molar-refractivity contribution is 0.324. The van der Waals surface area contributed by atoms with E-state index in [1.807, 2.05) is 26.2 Å². The first-order valence-corrected chi connectivity index (χ1v) is 7.39. The number of benzene rings is 2. The van der Waals surface area contributed by atoms with Crippen molar-refractivity contribution < 1.29 is 14.2 Å². The number of anilines is 2.